The minimum absolute atomic E-state index is 0.000995. The molecule has 0 bridgehead atoms. The summed E-state index contributed by atoms with van der Waals surface area (Å²) in [6, 6.07) is 9.51. The van der Waals surface area contributed by atoms with E-state index in [9.17, 15) is 13.9 Å². The quantitative estimate of drug-likeness (QED) is 0.479. The normalized spacial score (nSPS) is 22.9. The number of aromatic hydroxyl groups is 1. The number of aromatic nitrogens is 3. The zero-order valence-electron chi connectivity index (χ0n) is 18.1. The molecule has 4 heterocycles. The molecule has 0 spiro atoms. The van der Waals surface area contributed by atoms with Crippen molar-refractivity contribution in [2.75, 3.05) is 18.0 Å². The Morgan fingerprint density at radius 1 is 1.09 bits per heavy atom. The first-order valence-corrected chi connectivity index (χ1v) is 11.2. The molecule has 3 aromatic heterocycles. The van der Waals surface area contributed by atoms with Crippen LogP contribution in [0.25, 0.3) is 33.4 Å². The minimum Gasteiger partial charge on any atom is -0.504 e. The first-order chi connectivity index (χ1) is 15.9. The average Bonchev–Trinajstić information content (AvgIpc) is 3.41. The maximum atomic E-state index is 14.6. The second-order valence-electron chi connectivity index (χ2n) is 8.93. The number of hydrogen-bond donors (Lipinski definition) is 2. The summed E-state index contributed by atoms with van der Waals surface area (Å²) in [5, 5.41) is 13.9. The third-order valence-electron chi connectivity index (χ3n) is 6.57. The monoisotopic (exact) mass is 451 g/mol. The van der Waals surface area contributed by atoms with Gasteiger partial charge < -0.3 is 19.7 Å². The SMILES string of the molecule is Cc1nc2c(F)c(O)c(-c3ccc4nc(N5CC[C@@H](N[C@H]6C[C@H](F)C6)C5)ccc4n3)cc2o1. The van der Waals surface area contributed by atoms with Crippen molar-refractivity contribution in [3.8, 4) is 17.0 Å². The van der Waals surface area contributed by atoms with E-state index in [0.717, 1.165) is 25.3 Å². The van der Waals surface area contributed by atoms with Gasteiger partial charge in [-0.2, -0.15) is 0 Å². The standard InChI is InChI=1S/C24H23F2N5O2/c1-12-27-23-20(33-12)10-16(24(32)22(23)26)17-2-3-19-18(29-17)4-5-21(30-19)31-7-6-14(11-31)28-15-8-13(25)9-15/h2-5,10,13-15,28,32H,6-9,11H2,1H3/t13-,14-,15-/m1/s1. The summed E-state index contributed by atoms with van der Waals surface area (Å²) >= 11 is 0. The summed E-state index contributed by atoms with van der Waals surface area (Å²) in [5.41, 5.74) is 2.27. The number of nitrogens with zero attached hydrogens (tertiary/aromatic N) is 4. The summed E-state index contributed by atoms with van der Waals surface area (Å²) < 4.78 is 33.1. The second kappa shape index (κ2) is 7.62. The van der Waals surface area contributed by atoms with Crippen LogP contribution in [-0.4, -0.2) is 51.4 Å². The van der Waals surface area contributed by atoms with E-state index in [0.29, 0.717) is 47.5 Å². The Bertz CT molecular complexity index is 1370. The molecule has 1 saturated carbocycles. The topological polar surface area (TPSA) is 87.3 Å². The Kier molecular flexibility index (Phi) is 4.69. The number of nitrogens with one attached hydrogen (secondary N) is 1. The molecular formula is C24H23F2N5O2. The van der Waals surface area contributed by atoms with Gasteiger partial charge in [-0.25, -0.2) is 23.7 Å². The molecule has 170 valence electrons. The lowest BCUT2D eigenvalue weighted by Crippen LogP contribution is -2.48. The number of aryl methyl sites for hydroxylation is 1. The number of anilines is 1. The van der Waals surface area contributed by atoms with Crippen LogP contribution in [0.5, 0.6) is 5.75 Å². The number of hydrogen-bond acceptors (Lipinski definition) is 7. The van der Waals surface area contributed by atoms with Gasteiger partial charge in [0.1, 0.15) is 17.5 Å². The van der Waals surface area contributed by atoms with E-state index in [4.69, 9.17) is 9.40 Å². The molecule has 33 heavy (non-hydrogen) atoms. The predicted molar refractivity (Wildman–Crippen MR) is 121 cm³/mol. The van der Waals surface area contributed by atoms with Gasteiger partial charge in [-0.1, -0.05) is 0 Å². The van der Waals surface area contributed by atoms with Crippen LogP contribution in [-0.2, 0) is 0 Å². The summed E-state index contributed by atoms with van der Waals surface area (Å²) in [5.74, 6) is -0.141. The number of alkyl halides is 1. The van der Waals surface area contributed by atoms with Crippen molar-refractivity contribution in [3.63, 3.8) is 0 Å². The lowest BCUT2D eigenvalue weighted by Gasteiger charge is -2.33. The Labute approximate surface area is 188 Å². The van der Waals surface area contributed by atoms with E-state index >= 15 is 0 Å². The van der Waals surface area contributed by atoms with Crippen molar-refractivity contribution in [1.82, 2.24) is 20.3 Å². The van der Waals surface area contributed by atoms with E-state index in [-0.39, 0.29) is 16.7 Å². The molecule has 1 saturated heterocycles. The first kappa shape index (κ1) is 20.3. The summed E-state index contributed by atoms with van der Waals surface area (Å²) in [7, 11) is 0. The predicted octanol–water partition coefficient (Wildman–Crippen LogP) is 4.26. The van der Waals surface area contributed by atoms with Gasteiger partial charge >= 0.3 is 0 Å². The van der Waals surface area contributed by atoms with Crippen molar-refractivity contribution in [2.45, 2.75) is 44.4 Å². The van der Waals surface area contributed by atoms with Gasteiger partial charge in [0.25, 0.3) is 0 Å². The number of phenolic OH excluding ortho intramolecular Hbond substituents is 1. The minimum atomic E-state index is -0.823. The molecule has 6 rings (SSSR count). The molecule has 7 nitrogen and oxygen atoms in total. The molecule has 0 radical (unpaired) electrons. The zero-order valence-corrected chi connectivity index (χ0v) is 18.1. The van der Waals surface area contributed by atoms with Crippen LogP contribution in [0.1, 0.15) is 25.2 Å². The highest BCUT2D eigenvalue weighted by molar-refractivity contribution is 5.87. The Hall–Kier alpha value is -3.33. The van der Waals surface area contributed by atoms with E-state index in [1.54, 1.807) is 19.1 Å². The van der Waals surface area contributed by atoms with Gasteiger partial charge in [-0.3, -0.25) is 0 Å². The number of phenols is 1. The maximum Gasteiger partial charge on any atom is 0.195 e. The third-order valence-corrected chi connectivity index (χ3v) is 6.57. The van der Waals surface area contributed by atoms with Crippen molar-refractivity contribution in [1.29, 1.82) is 0 Å². The van der Waals surface area contributed by atoms with Crippen molar-refractivity contribution in [3.05, 3.63) is 42.0 Å². The molecule has 1 aliphatic heterocycles. The number of benzene rings is 1. The lowest BCUT2D eigenvalue weighted by atomic mass is 9.90. The van der Waals surface area contributed by atoms with Gasteiger partial charge in [0.2, 0.25) is 0 Å². The molecule has 2 aliphatic rings. The molecule has 1 aromatic carbocycles. The fraction of sp³-hybridized carbons (Fsp3) is 0.375. The van der Waals surface area contributed by atoms with Crippen molar-refractivity contribution in [2.24, 2.45) is 0 Å². The van der Waals surface area contributed by atoms with Gasteiger partial charge in [0.15, 0.2) is 23.0 Å². The average molecular weight is 451 g/mol. The zero-order chi connectivity index (χ0) is 22.7. The Balaban J connectivity index is 1.26. The molecule has 1 aliphatic carbocycles. The Morgan fingerprint density at radius 3 is 2.70 bits per heavy atom. The Morgan fingerprint density at radius 2 is 1.88 bits per heavy atom. The van der Waals surface area contributed by atoms with Crippen molar-refractivity contribution >= 4 is 28.0 Å². The van der Waals surface area contributed by atoms with Crippen molar-refractivity contribution < 1.29 is 18.3 Å². The largest absolute Gasteiger partial charge is 0.504 e. The lowest BCUT2D eigenvalue weighted by molar-refractivity contribution is 0.148. The fourth-order valence-electron chi connectivity index (χ4n) is 4.77. The van der Waals surface area contributed by atoms with Gasteiger partial charge in [-0.05, 0) is 49.6 Å². The molecule has 0 unspecified atom stereocenters. The van der Waals surface area contributed by atoms with Crippen LogP contribution >= 0.6 is 0 Å². The van der Waals surface area contributed by atoms with E-state index < -0.39 is 17.7 Å². The summed E-state index contributed by atoms with van der Waals surface area (Å²) in [6.45, 7) is 3.34. The number of rotatable bonds is 4. The van der Waals surface area contributed by atoms with Crippen LogP contribution in [0.3, 0.4) is 0 Å². The number of fused-ring (bicyclic) bond motifs is 2. The highest BCUT2D eigenvalue weighted by Gasteiger charge is 2.33. The number of oxazole rings is 1. The van der Waals surface area contributed by atoms with Gasteiger partial charge in [0.05, 0.1) is 16.7 Å². The molecule has 2 N–H and O–H groups in total. The van der Waals surface area contributed by atoms with Crippen LogP contribution in [0.2, 0.25) is 0 Å². The van der Waals surface area contributed by atoms with Gasteiger partial charge in [0, 0.05) is 37.7 Å². The van der Waals surface area contributed by atoms with Gasteiger partial charge in [-0.15, -0.1) is 0 Å². The third kappa shape index (κ3) is 3.56. The molecule has 9 heteroatoms. The maximum absolute atomic E-state index is 14.6. The molecule has 1 atom stereocenters. The molecule has 2 fully saturated rings. The second-order valence-corrected chi connectivity index (χ2v) is 8.93. The van der Waals surface area contributed by atoms with E-state index in [1.807, 2.05) is 18.2 Å². The first-order valence-electron chi connectivity index (χ1n) is 11.2. The summed E-state index contributed by atoms with van der Waals surface area (Å²) in [4.78, 5) is 15.5. The van der Waals surface area contributed by atoms with E-state index in [1.165, 1.54) is 0 Å². The van der Waals surface area contributed by atoms with Crippen LogP contribution in [0.15, 0.2) is 34.7 Å². The molecule has 4 aromatic rings. The number of pyridine rings is 2. The highest BCUT2D eigenvalue weighted by atomic mass is 19.1. The molecule has 0 amide bonds. The highest BCUT2D eigenvalue weighted by Crippen LogP contribution is 2.36. The molecular weight excluding hydrogens is 428 g/mol. The van der Waals surface area contributed by atoms with Crippen LogP contribution in [0.4, 0.5) is 14.6 Å². The van der Waals surface area contributed by atoms with Crippen LogP contribution in [0, 0.1) is 12.7 Å². The summed E-state index contributed by atoms with van der Waals surface area (Å²) in [6.07, 6.45) is 1.57. The van der Waals surface area contributed by atoms with E-state index in [2.05, 4.69) is 20.2 Å². The van der Waals surface area contributed by atoms with Crippen LogP contribution < -0.4 is 10.2 Å². The smallest absolute Gasteiger partial charge is 0.195 e. The number of halogens is 2. The fourth-order valence-corrected chi connectivity index (χ4v) is 4.77.